The molecule has 1 rings (SSSR count). The first kappa shape index (κ1) is 13.5. The Morgan fingerprint density at radius 2 is 2.29 bits per heavy atom. The average molecular weight is 237 g/mol. The first-order valence-corrected chi connectivity index (χ1v) is 5.90. The second-order valence-electron chi connectivity index (χ2n) is 3.71. The molecule has 0 radical (unpaired) electrons. The van der Waals surface area contributed by atoms with Gasteiger partial charge in [-0.25, -0.2) is 0 Å². The molecule has 2 N–H and O–H groups in total. The van der Waals surface area contributed by atoms with Gasteiger partial charge in [0.25, 0.3) is 5.91 Å². The topological polar surface area (TPSA) is 58.6 Å². The molecule has 0 aliphatic heterocycles. The summed E-state index contributed by atoms with van der Waals surface area (Å²) < 4.78 is 5.45. The molecule has 1 aromatic rings. The number of benzene rings is 1. The van der Waals surface area contributed by atoms with Crippen molar-refractivity contribution in [3.05, 3.63) is 29.8 Å². The number of aliphatic hydroxyl groups is 1. The van der Waals surface area contributed by atoms with E-state index < -0.39 is 0 Å². The van der Waals surface area contributed by atoms with Crippen molar-refractivity contribution in [2.75, 3.05) is 19.8 Å². The van der Waals surface area contributed by atoms with E-state index in [4.69, 9.17) is 9.84 Å². The van der Waals surface area contributed by atoms with Crippen molar-refractivity contribution in [1.29, 1.82) is 0 Å². The molecule has 1 aromatic carbocycles. The number of ether oxygens (including phenoxy) is 1. The standard InChI is InChI=1S/C13H19NO3/c1-2-9-17-12-6-3-5-11(10-12)13(16)14-7-4-8-15/h3,5-6,10,15H,2,4,7-9H2,1H3,(H,14,16). The number of carbonyl (C=O) groups is 1. The third-order valence-corrected chi connectivity index (χ3v) is 2.19. The predicted molar refractivity (Wildman–Crippen MR) is 66.3 cm³/mol. The highest BCUT2D eigenvalue weighted by Crippen LogP contribution is 2.13. The van der Waals surface area contributed by atoms with E-state index in [1.807, 2.05) is 13.0 Å². The van der Waals surface area contributed by atoms with Crippen LogP contribution in [0.25, 0.3) is 0 Å². The molecular weight excluding hydrogens is 218 g/mol. The van der Waals surface area contributed by atoms with Crippen molar-refractivity contribution in [2.24, 2.45) is 0 Å². The minimum atomic E-state index is -0.139. The van der Waals surface area contributed by atoms with Gasteiger partial charge in [0.15, 0.2) is 0 Å². The summed E-state index contributed by atoms with van der Waals surface area (Å²) >= 11 is 0. The van der Waals surface area contributed by atoms with Crippen LogP contribution < -0.4 is 10.1 Å². The number of rotatable bonds is 7. The molecule has 0 aliphatic rings. The zero-order chi connectivity index (χ0) is 12.5. The molecule has 4 heteroatoms. The van der Waals surface area contributed by atoms with Crippen LogP contribution in [-0.4, -0.2) is 30.8 Å². The van der Waals surface area contributed by atoms with E-state index >= 15 is 0 Å². The second kappa shape index (κ2) is 7.68. The maximum atomic E-state index is 11.7. The van der Waals surface area contributed by atoms with Crippen LogP contribution in [0.3, 0.4) is 0 Å². The Hall–Kier alpha value is -1.55. The van der Waals surface area contributed by atoms with Gasteiger partial charge in [-0.05, 0) is 31.0 Å². The Labute approximate surface area is 102 Å². The van der Waals surface area contributed by atoms with Crippen LogP contribution >= 0.6 is 0 Å². The monoisotopic (exact) mass is 237 g/mol. The van der Waals surface area contributed by atoms with Gasteiger partial charge in [0, 0.05) is 18.7 Å². The molecule has 0 spiro atoms. The van der Waals surface area contributed by atoms with Gasteiger partial charge in [-0.15, -0.1) is 0 Å². The maximum Gasteiger partial charge on any atom is 0.251 e. The predicted octanol–water partition coefficient (Wildman–Crippen LogP) is 1.59. The van der Waals surface area contributed by atoms with Crippen molar-refractivity contribution in [3.8, 4) is 5.75 Å². The van der Waals surface area contributed by atoms with E-state index in [9.17, 15) is 4.79 Å². The minimum absolute atomic E-state index is 0.0833. The molecular formula is C13H19NO3. The zero-order valence-electron chi connectivity index (χ0n) is 10.1. The van der Waals surface area contributed by atoms with Crippen molar-refractivity contribution >= 4 is 5.91 Å². The van der Waals surface area contributed by atoms with Crippen LogP contribution in [0.2, 0.25) is 0 Å². The molecule has 0 saturated carbocycles. The molecule has 1 amide bonds. The lowest BCUT2D eigenvalue weighted by molar-refractivity contribution is 0.0950. The first-order chi connectivity index (χ1) is 8.27. The Morgan fingerprint density at radius 1 is 1.47 bits per heavy atom. The van der Waals surface area contributed by atoms with Gasteiger partial charge in [0.05, 0.1) is 6.61 Å². The highest BCUT2D eigenvalue weighted by atomic mass is 16.5. The smallest absolute Gasteiger partial charge is 0.251 e. The SMILES string of the molecule is CCCOc1cccc(C(=O)NCCCO)c1. The van der Waals surface area contributed by atoms with Crippen LogP contribution in [0.5, 0.6) is 5.75 Å². The van der Waals surface area contributed by atoms with Crippen LogP contribution in [0.1, 0.15) is 30.1 Å². The number of nitrogens with one attached hydrogen (secondary N) is 1. The van der Waals surface area contributed by atoms with E-state index in [0.29, 0.717) is 30.9 Å². The molecule has 0 unspecified atom stereocenters. The average Bonchev–Trinajstić information content (AvgIpc) is 2.37. The van der Waals surface area contributed by atoms with Crippen LogP contribution in [0.4, 0.5) is 0 Å². The van der Waals surface area contributed by atoms with E-state index in [0.717, 1.165) is 6.42 Å². The van der Waals surface area contributed by atoms with Gasteiger partial charge in [-0.3, -0.25) is 4.79 Å². The summed E-state index contributed by atoms with van der Waals surface area (Å²) in [6, 6.07) is 7.10. The van der Waals surface area contributed by atoms with Crippen molar-refractivity contribution in [3.63, 3.8) is 0 Å². The van der Waals surface area contributed by atoms with Crippen LogP contribution in [0, 0.1) is 0 Å². The Kier molecular flexibility index (Phi) is 6.10. The summed E-state index contributed by atoms with van der Waals surface area (Å²) in [5, 5.41) is 11.3. The van der Waals surface area contributed by atoms with Crippen LogP contribution in [-0.2, 0) is 0 Å². The summed E-state index contributed by atoms with van der Waals surface area (Å²) in [7, 11) is 0. The third-order valence-electron chi connectivity index (χ3n) is 2.19. The van der Waals surface area contributed by atoms with Gasteiger partial charge in [-0.2, -0.15) is 0 Å². The van der Waals surface area contributed by atoms with Crippen molar-refractivity contribution < 1.29 is 14.6 Å². The zero-order valence-corrected chi connectivity index (χ0v) is 10.1. The summed E-state index contributed by atoms with van der Waals surface area (Å²) in [5.41, 5.74) is 0.580. The lowest BCUT2D eigenvalue weighted by atomic mass is 10.2. The molecule has 0 aliphatic carbocycles. The minimum Gasteiger partial charge on any atom is -0.494 e. The molecule has 0 heterocycles. The number of hydrogen-bond donors (Lipinski definition) is 2. The Morgan fingerprint density at radius 3 is 3.00 bits per heavy atom. The molecule has 0 aromatic heterocycles. The molecule has 0 bridgehead atoms. The molecule has 4 nitrogen and oxygen atoms in total. The van der Waals surface area contributed by atoms with Gasteiger partial charge in [0.1, 0.15) is 5.75 Å². The Bertz CT molecular complexity index is 352. The van der Waals surface area contributed by atoms with E-state index in [1.54, 1.807) is 18.2 Å². The number of aliphatic hydroxyl groups excluding tert-OH is 1. The number of carbonyl (C=O) groups excluding carboxylic acids is 1. The van der Waals surface area contributed by atoms with Crippen LogP contribution in [0.15, 0.2) is 24.3 Å². The largest absolute Gasteiger partial charge is 0.494 e. The molecule has 17 heavy (non-hydrogen) atoms. The number of amides is 1. The lowest BCUT2D eigenvalue weighted by Crippen LogP contribution is -2.24. The fraction of sp³-hybridized carbons (Fsp3) is 0.462. The van der Waals surface area contributed by atoms with Gasteiger partial charge < -0.3 is 15.2 Å². The molecule has 0 saturated heterocycles. The highest BCUT2D eigenvalue weighted by molar-refractivity contribution is 5.94. The van der Waals surface area contributed by atoms with E-state index in [-0.39, 0.29) is 12.5 Å². The van der Waals surface area contributed by atoms with Gasteiger partial charge in [-0.1, -0.05) is 13.0 Å². The highest BCUT2D eigenvalue weighted by Gasteiger charge is 2.05. The second-order valence-corrected chi connectivity index (χ2v) is 3.71. The molecule has 94 valence electrons. The lowest BCUT2D eigenvalue weighted by Gasteiger charge is -2.07. The normalized spacial score (nSPS) is 10.0. The quantitative estimate of drug-likeness (QED) is 0.708. The molecule has 0 fully saturated rings. The Balaban J connectivity index is 2.54. The van der Waals surface area contributed by atoms with E-state index in [2.05, 4.69) is 5.32 Å². The summed E-state index contributed by atoms with van der Waals surface area (Å²) in [6.07, 6.45) is 1.50. The third kappa shape index (κ3) is 4.87. The van der Waals surface area contributed by atoms with Gasteiger partial charge >= 0.3 is 0 Å². The first-order valence-electron chi connectivity index (χ1n) is 5.90. The summed E-state index contributed by atoms with van der Waals surface area (Å²) in [6.45, 7) is 3.25. The number of hydrogen-bond acceptors (Lipinski definition) is 3. The van der Waals surface area contributed by atoms with E-state index in [1.165, 1.54) is 0 Å². The maximum absolute atomic E-state index is 11.7. The fourth-order valence-corrected chi connectivity index (χ4v) is 1.33. The van der Waals surface area contributed by atoms with Crippen molar-refractivity contribution in [2.45, 2.75) is 19.8 Å². The van der Waals surface area contributed by atoms with Crippen molar-refractivity contribution in [1.82, 2.24) is 5.32 Å². The fourth-order valence-electron chi connectivity index (χ4n) is 1.33. The summed E-state index contributed by atoms with van der Waals surface area (Å²) in [4.78, 5) is 11.7. The van der Waals surface area contributed by atoms with Gasteiger partial charge in [0.2, 0.25) is 0 Å². The molecule has 0 atom stereocenters. The summed E-state index contributed by atoms with van der Waals surface area (Å²) in [5.74, 6) is 0.571.